The van der Waals surface area contributed by atoms with E-state index in [1.54, 1.807) is 55.9 Å². The summed E-state index contributed by atoms with van der Waals surface area (Å²) >= 11 is 6.07. The number of aliphatic hydroxyl groups is 1. The summed E-state index contributed by atoms with van der Waals surface area (Å²) in [7, 11) is -0.625. The van der Waals surface area contributed by atoms with Crippen LogP contribution >= 0.6 is 11.6 Å². The fraction of sp³-hybridized carbons (Fsp3) is 0.406. The smallest absolute Gasteiger partial charge is 0.246 e. The average molecular weight is 625 g/mol. The number of halogens is 1. The second kappa shape index (κ2) is 10.1. The first-order valence-corrected chi connectivity index (χ1v) is 16.3. The Hall–Kier alpha value is -3.31. The van der Waals surface area contributed by atoms with E-state index in [2.05, 4.69) is 0 Å². The molecule has 3 heterocycles. The van der Waals surface area contributed by atoms with Gasteiger partial charge in [-0.2, -0.15) is 4.31 Å². The quantitative estimate of drug-likeness (QED) is 0.405. The van der Waals surface area contributed by atoms with Gasteiger partial charge in [0.1, 0.15) is 6.10 Å². The Labute approximate surface area is 255 Å². The highest BCUT2D eigenvalue weighted by atomic mass is 35.5. The molecule has 226 valence electrons. The fourth-order valence-corrected chi connectivity index (χ4v) is 9.93. The zero-order valence-electron chi connectivity index (χ0n) is 23.9. The van der Waals surface area contributed by atoms with Crippen molar-refractivity contribution in [2.45, 2.75) is 66.2 Å². The molecular weight excluding hydrogens is 592 g/mol. The lowest BCUT2D eigenvalue weighted by molar-refractivity contribution is -0.164. The van der Waals surface area contributed by atoms with Crippen molar-refractivity contribution >= 4 is 33.6 Å². The second-order valence-electron chi connectivity index (χ2n) is 11.9. The van der Waals surface area contributed by atoms with Crippen LogP contribution in [0.3, 0.4) is 0 Å². The Bertz CT molecular complexity index is 1710. The number of carbonyl (C=O) groups excluding carboxylic acids is 1. The first-order valence-electron chi connectivity index (χ1n) is 14.5. The highest BCUT2D eigenvalue weighted by Crippen LogP contribution is 2.65. The van der Waals surface area contributed by atoms with Gasteiger partial charge in [0.05, 0.1) is 47.6 Å². The molecule has 1 spiro atoms. The van der Waals surface area contributed by atoms with Crippen LogP contribution in [0.15, 0.2) is 70.4 Å². The summed E-state index contributed by atoms with van der Waals surface area (Å²) in [5.41, 5.74) is 0.218. The standard InChI is InChI=1S/C32H33ClN2O7S/c1-34(27(36)11-4-20-13-17-41-19-20)24-12-15-32(37)26-18-21-5-10-25(40-2)29-28(21)31(32,30(24)42-29)14-3-16-35(26)43(38,39)23-8-6-22(33)7-9-23/h4-11,13,17,19,24,26,30,37H,3,12,14-16,18H2,1-2H3/b11-4-/t24-,26-,30+,31+,32-/m1/s1. The number of carbonyl (C=O) groups is 1. The van der Waals surface area contributed by atoms with Crippen molar-refractivity contribution in [1.82, 2.24) is 9.21 Å². The first kappa shape index (κ1) is 28.5. The van der Waals surface area contributed by atoms with E-state index in [0.717, 1.165) is 16.7 Å². The maximum Gasteiger partial charge on any atom is 0.246 e. The minimum atomic E-state index is -3.97. The number of ether oxygens (including phenoxy) is 2. The molecule has 1 saturated carbocycles. The average Bonchev–Trinajstić information content (AvgIpc) is 3.63. The van der Waals surface area contributed by atoms with Crippen LogP contribution in [0.4, 0.5) is 0 Å². The zero-order chi connectivity index (χ0) is 30.1. The van der Waals surface area contributed by atoms with Crippen LogP contribution in [-0.4, -0.2) is 73.1 Å². The molecular formula is C32H33ClN2O7S. The van der Waals surface area contributed by atoms with Crippen molar-refractivity contribution in [2.24, 2.45) is 0 Å². The Morgan fingerprint density at radius 3 is 2.70 bits per heavy atom. The highest BCUT2D eigenvalue weighted by Gasteiger charge is 2.73. The third-order valence-corrected chi connectivity index (χ3v) is 12.2. The summed E-state index contributed by atoms with van der Waals surface area (Å²) in [6.07, 6.45) is 7.78. The molecule has 43 heavy (non-hydrogen) atoms. The summed E-state index contributed by atoms with van der Waals surface area (Å²) in [4.78, 5) is 15.3. The summed E-state index contributed by atoms with van der Waals surface area (Å²) in [5.74, 6) is 0.941. The molecule has 1 aromatic heterocycles. The molecule has 0 unspecified atom stereocenters. The van der Waals surface area contributed by atoms with Gasteiger partial charge in [-0.3, -0.25) is 4.79 Å². The molecule has 9 nitrogen and oxygen atoms in total. The SMILES string of the molecule is COc1ccc2c3c1O[C@H]1[C@H](N(C)C(=O)/C=C\c4ccoc4)CC[C@@]4(O)[C@@H](C2)N(S(=O)(=O)c2ccc(Cl)cc2)CCC[C@]314. The van der Waals surface area contributed by atoms with Crippen molar-refractivity contribution in [1.29, 1.82) is 0 Å². The van der Waals surface area contributed by atoms with E-state index < -0.39 is 33.2 Å². The van der Waals surface area contributed by atoms with Gasteiger partial charge >= 0.3 is 0 Å². The molecule has 2 bridgehead atoms. The van der Waals surface area contributed by atoms with Crippen molar-refractivity contribution in [3.05, 3.63) is 82.8 Å². The zero-order valence-corrected chi connectivity index (χ0v) is 25.5. The largest absolute Gasteiger partial charge is 0.493 e. The van der Waals surface area contributed by atoms with Crippen LogP contribution in [-0.2, 0) is 26.7 Å². The number of sulfonamides is 1. The Balaban J connectivity index is 1.34. The first-order chi connectivity index (χ1) is 20.6. The second-order valence-corrected chi connectivity index (χ2v) is 14.2. The Morgan fingerprint density at radius 1 is 1.19 bits per heavy atom. The lowest BCUT2D eigenvalue weighted by Crippen LogP contribution is -2.74. The van der Waals surface area contributed by atoms with Gasteiger partial charge in [0.25, 0.3) is 0 Å². The Morgan fingerprint density at radius 2 is 1.98 bits per heavy atom. The molecule has 1 saturated heterocycles. The monoisotopic (exact) mass is 624 g/mol. The topological polar surface area (TPSA) is 110 Å². The lowest BCUT2D eigenvalue weighted by Gasteiger charge is -2.59. The third kappa shape index (κ3) is 4.03. The van der Waals surface area contributed by atoms with Gasteiger partial charge in [-0.15, -0.1) is 0 Å². The molecule has 5 atom stereocenters. The number of methoxy groups -OCH3 is 1. The summed E-state index contributed by atoms with van der Waals surface area (Å²) < 4.78 is 47.4. The van der Waals surface area contributed by atoms with Gasteiger partial charge < -0.3 is 23.9 Å². The molecule has 2 fully saturated rings. The maximum atomic E-state index is 14.2. The number of hydrogen-bond donors (Lipinski definition) is 1. The van der Waals surface area contributed by atoms with Crippen molar-refractivity contribution in [3.8, 4) is 11.5 Å². The van der Waals surface area contributed by atoms with Crippen LogP contribution in [0.1, 0.15) is 42.4 Å². The van der Waals surface area contributed by atoms with Crippen LogP contribution in [0.5, 0.6) is 11.5 Å². The van der Waals surface area contributed by atoms with Crippen molar-refractivity contribution < 1.29 is 32.2 Å². The van der Waals surface area contributed by atoms with Gasteiger partial charge in [-0.1, -0.05) is 17.7 Å². The van der Waals surface area contributed by atoms with Crippen LogP contribution in [0, 0.1) is 0 Å². The number of furan rings is 1. The normalized spacial score (nSPS) is 29.5. The van der Waals surface area contributed by atoms with E-state index in [-0.39, 0.29) is 23.4 Å². The lowest BCUT2D eigenvalue weighted by atomic mass is 9.50. The number of benzene rings is 2. The summed E-state index contributed by atoms with van der Waals surface area (Å²) in [6.45, 7) is 0.250. The Kier molecular flexibility index (Phi) is 6.70. The predicted octanol–water partition coefficient (Wildman–Crippen LogP) is 4.42. The van der Waals surface area contributed by atoms with Gasteiger partial charge in [-0.25, -0.2) is 8.42 Å². The highest BCUT2D eigenvalue weighted by molar-refractivity contribution is 7.89. The van der Waals surface area contributed by atoms with E-state index in [9.17, 15) is 18.3 Å². The van der Waals surface area contributed by atoms with Crippen molar-refractivity contribution in [3.63, 3.8) is 0 Å². The molecule has 2 aromatic carbocycles. The van der Waals surface area contributed by atoms with E-state index in [1.165, 1.54) is 22.5 Å². The van der Waals surface area contributed by atoms with E-state index in [0.29, 0.717) is 48.6 Å². The summed E-state index contributed by atoms with van der Waals surface area (Å²) in [6, 6.07) is 10.6. The van der Waals surface area contributed by atoms with Gasteiger partial charge in [0, 0.05) is 35.8 Å². The predicted molar refractivity (Wildman–Crippen MR) is 160 cm³/mol. The van der Waals surface area contributed by atoms with E-state index in [4.69, 9.17) is 25.5 Å². The molecule has 3 aromatic rings. The number of likely N-dealkylation sites (N-methyl/N-ethyl adjacent to an activating group) is 1. The van der Waals surface area contributed by atoms with Crippen LogP contribution in [0.25, 0.3) is 6.08 Å². The van der Waals surface area contributed by atoms with E-state index in [1.807, 2.05) is 12.1 Å². The van der Waals surface area contributed by atoms with Crippen LogP contribution < -0.4 is 9.47 Å². The number of rotatable bonds is 6. The minimum absolute atomic E-state index is 0.139. The number of hydrogen-bond acceptors (Lipinski definition) is 7. The molecule has 2 aliphatic heterocycles. The van der Waals surface area contributed by atoms with Gasteiger partial charge in [0.2, 0.25) is 15.9 Å². The minimum Gasteiger partial charge on any atom is -0.493 e. The third-order valence-electron chi connectivity index (χ3n) is 10.0. The molecule has 11 heteroatoms. The molecule has 1 amide bonds. The van der Waals surface area contributed by atoms with Crippen molar-refractivity contribution in [2.75, 3.05) is 20.7 Å². The fourth-order valence-electron chi connectivity index (χ4n) is 8.10. The van der Waals surface area contributed by atoms with Gasteiger partial charge in [0.15, 0.2) is 11.5 Å². The molecule has 1 N–H and O–H groups in total. The molecule has 2 aliphatic carbocycles. The number of nitrogens with zero attached hydrogens (tertiary/aromatic N) is 2. The molecule has 0 radical (unpaired) electrons. The molecule has 4 aliphatic rings. The number of amides is 1. The summed E-state index contributed by atoms with van der Waals surface area (Å²) in [5, 5.41) is 13.4. The van der Waals surface area contributed by atoms with E-state index >= 15 is 0 Å². The van der Waals surface area contributed by atoms with Crippen LogP contribution in [0.2, 0.25) is 5.02 Å². The maximum absolute atomic E-state index is 14.2. The molecule has 7 rings (SSSR count). The van der Waals surface area contributed by atoms with Gasteiger partial charge in [-0.05, 0) is 80.1 Å².